The Bertz CT molecular complexity index is 223. The maximum absolute atomic E-state index is 9.92. The number of hydrogen-bond donors (Lipinski definition) is 0. The molecule has 0 unspecified atom stereocenters. The number of hydrogen-bond acceptors (Lipinski definition) is 2. The van der Waals surface area contributed by atoms with Gasteiger partial charge in [-0.15, -0.1) is 0 Å². The van der Waals surface area contributed by atoms with Gasteiger partial charge >= 0.3 is 0 Å². The Hall–Kier alpha value is -1.38. The van der Waals surface area contributed by atoms with Gasteiger partial charge < -0.3 is 9.90 Å². The van der Waals surface area contributed by atoms with E-state index in [0.29, 0.717) is 0 Å². The summed E-state index contributed by atoms with van der Waals surface area (Å²) in [4.78, 5) is 12.8. The molecule has 3 heteroatoms. The molecule has 90 valence electrons. The zero-order valence-corrected chi connectivity index (χ0v) is 9.95. The van der Waals surface area contributed by atoms with E-state index >= 15 is 0 Å². The van der Waals surface area contributed by atoms with Gasteiger partial charge in [0.15, 0.2) is 12.4 Å². The SMILES string of the molecule is CCCCCCCC(=O)[O-].c1cc[nH+]cc1. The number of pyridine rings is 1. The highest BCUT2D eigenvalue weighted by Crippen LogP contribution is 2.03. The van der Waals surface area contributed by atoms with Gasteiger partial charge in [0.2, 0.25) is 0 Å². The van der Waals surface area contributed by atoms with Gasteiger partial charge in [0.1, 0.15) is 0 Å². The molecular weight excluding hydrogens is 202 g/mol. The number of rotatable bonds is 6. The molecule has 0 fully saturated rings. The fourth-order valence-electron chi connectivity index (χ4n) is 1.21. The monoisotopic (exact) mass is 223 g/mol. The molecule has 0 atom stereocenters. The molecule has 1 heterocycles. The Balaban J connectivity index is 0.000000315. The summed E-state index contributed by atoms with van der Waals surface area (Å²) in [6.45, 7) is 2.14. The normalized spacial score (nSPS) is 9.06. The first-order valence-electron chi connectivity index (χ1n) is 5.88. The Labute approximate surface area is 97.5 Å². The topological polar surface area (TPSA) is 54.3 Å². The van der Waals surface area contributed by atoms with Crippen molar-refractivity contribution in [2.45, 2.75) is 45.4 Å². The number of H-pyrrole nitrogens is 1. The van der Waals surface area contributed by atoms with Crippen LogP contribution in [-0.2, 0) is 4.79 Å². The van der Waals surface area contributed by atoms with Gasteiger partial charge in [-0.05, 0) is 12.8 Å². The Morgan fingerprint density at radius 2 is 1.69 bits per heavy atom. The number of carbonyl (C=O) groups excluding carboxylic acids is 1. The van der Waals surface area contributed by atoms with E-state index in [2.05, 4.69) is 11.9 Å². The third kappa shape index (κ3) is 12.6. The quantitative estimate of drug-likeness (QED) is 0.688. The minimum absolute atomic E-state index is 0.226. The van der Waals surface area contributed by atoms with E-state index in [1.165, 1.54) is 12.8 Å². The van der Waals surface area contributed by atoms with Crippen LogP contribution in [0.15, 0.2) is 30.6 Å². The molecular formula is C13H21NO2. The summed E-state index contributed by atoms with van der Waals surface area (Å²) < 4.78 is 0. The molecule has 0 saturated heterocycles. The predicted octanol–water partition coefficient (Wildman–Crippen LogP) is 1.60. The first-order chi connectivity index (χ1) is 7.77. The fourth-order valence-corrected chi connectivity index (χ4v) is 1.21. The van der Waals surface area contributed by atoms with Crippen LogP contribution in [0.25, 0.3) is 0 Å². The lowest BCUT2D eigenvalue weighted by Gasteiger charge is -2.00. The zero-order valence-electron chi connectivity index (χ0n) is 9.95. The summed E-state index contributed by atoms with van der Waals surface area (Å²) in [7, 11) is 0. The van der Waals surface area contributed by atoms with Crippen molar-refractivity contribution in [2.24, 2.45) is 0 Å². The average molecular weight is 223 g/mol. The van der Waals surface area contributed by atoms with Crippen LogP contribution < -0.4 is 10.1 Å². The van der Waals surface area contributed by atoms with E-state index in [1.54, 1.807) is 0 Å². The van der Waals surface area contributed by atoms with Gasteiger partial charge in [-0.25, -0.2) is 4.98 Å². The first kappa shape index (κ1) is 14.6. The summed E-state index contributed by atoms with van der Waals surface area (Å²) >= 11 is 0. The van der Waals surface area contributed by atoms with Crippen molar-refractivity contribution in [1.29, 1.82) is 0 Å². The Morgan fingerprint density at radius 3 is 2.06 bits per heavy atom. The van der Waals surface area contributed by atoms with Crippen LogP contribution in [-0.4, -0.2) is 5.97 Å². The van der Waals surface area contributed by atoms with Crippen LogP contribution in [0.4, 0.5) is 0 Å². The summed E-state index contributed by atoms with van der Waals surface area (Å²) in [6, 6.07) is 5.86. The number of aromatic nitrogens is 1. The van der Waals surface area contributed by atoms with Crippen LogP contribution in [0, 0.1) is 0 Å². The maximum atomic E-state index is 9.92. The van der Waals surface area contributed by atoms with Gasteiger partial charge in [0.05, 0.1) is 0 Å². The lowest BCUT2D eigenvalue weighted by Crippen LogP contribution is -2.21. The molecule has 1 rings (SSSR count). The summed E-state index contributed by atoms with van der Waals surface area (Å²) in [5.41, 5.74) is 0. The number of nitrogens with one attached hydrogen (secondary N) is 1. The summed E-state index contributed by atoms with van der Waals surface area (Å²) in [5, 5.41) is 9.92. The largest absolute Gasteiger partial charge is 0.550 e. The van der Waals surface area contributed by atoms with Crippen LogP contribution in [0.3, 0.4) is 0 Å². The number of aromatic amines is 1. The van der Waals surface area contributed by atoms with Crippen LogP contribution in [0.1, 0.15) is 45.4 Å². The standard InChI is InChI=1S/C8H16O2.C5H5N/c1-2-3-4-5-6-7-8(9)10;1-2-4-6-5-3-1/h2-7H2,1H3,(H,9,10);1-5H. The Kier molecular flexibility index (Phi) is 10.7. The second-order valence-electron chi connectivity index (χ2n) is 3.61. The summed E-state index contributed by atoms with van der Waals surface area (Å²) in [6.07, 6.45) is 9.36. The lowest BCUT2D eigenvalue weighted by atomic mass is 10.1. The fraction of sp³-hybridized carbons (Fsp3) is 0.538. The van der Waals surface area contributed by atoms with E-state index < -0.39 is 5.97 Å². The van der Waals surface area contributed by atoms with E-state index in [9.17, 15) is 9.90 Å². The molecule has 0 amide bonds. The molecule has 0 bridgehead atoms. The number of aliphatic carboxylic acids is 1. The van der Waals surface area contributed by atoms with Crippen molar-refractivity contribution >= 4 is 5.97 Å². The number of unbranched alkanes of at least 4 members (excludes halogenated alkanes) is 4. The molecule has 1 aromatic rings. The predicted molar refractivity (Wildman–Crippen MR) is 61.4 cm³/mol. The smallest absolute Gasteiger partial charge is 0.166 e. The molecule has 3 nitrogen and oxygen atoms in total. The van der Waals surface area contributed by atoms with Crippen molar-refractivity contribution in [3.05, 3.63) is 30.6 Å². The Morgan fingerprint density at radius 1 is 1.06 bits per heavy atom. The van der Waals surface area contributed by atoms with E-state index in [-0.39, 0.29) is 6.42 Å². The first-order valence-corrected chi connectivity index (χ1v) is 5.88. The number of carbonyl (C=O) groups is 1. The van der Waals surface area contributed by atoms with Crippen molar-refractivity contribution in [2.75, 3.05) is 0 Å². The van der Waals surface area contributed by atoms with Crippen LogP contribution >= 0.6 is 0 Å². The minimum Gasteiger partial charge on any atom is -0.550 e. The molecule has 16 heavy (non-hydrogen) atoms. The van der Waals surface area contributed by atoms with Crippen molar-refractivity contribution in [3.63, 3.8) is 0 Å². The van der Waals surface area contributed by atoms with E-state index in [0.717, 1.165) is 19.3 Å². The molecule has 0 aromatic carbocycles. The highest BCUT2D eigenvalue weighted by molar-refractivity contribution is 5.63. The van der Waals surface area contributed by atoms with E-state index in [4.69, 9.17) is 0 Å². The molecule has 0 aliphatic rings. The molecule has 1 N–H and O–H groups in total. The van der Waals surface area contributed by atoms with Crippen molar-refractivity contribution in [3.8, 4) is 0 Å². The van der Waals surface area contributed by atoms with Crippen LogP contribution in [0.2, 0.25) is 0 Å². The minimum atomic E-state index is -0.920. The highest BCUT2D eigenvalue weighted by atomic mass is 16.4. The van der Waals surface area contributed by atoms with Crippen molar-refractivity contribution < 1.29 is 14.9 Å². The highest BCUT2D eigenvalue weighted by Gasteiger charge is 1.88. The van der Waals surface area contributed by atoms with Gasteiger partial charge in [-0.1, -0.05) is 38.7 Å². The number of carboxylic acid groups (broad SMARTS) is 1. The molecule has 1 aromatic heterocycles. The average Bonchev–Trinajstić information content (AvgIpc) is 2.31. The van der Waals surface area contributed by atoms with Gasteiger partial charge in [-0.3, -0.25) is 0 Å². The third-order valence-electron chi connectivity index (χ3n) is 2.09. The van der Waals surface area contributed by atoms with E-state index in [1.807, 2.05) is 30.6 Å². The second-order valence-corrected chi connectivity index (χ2v) is 3.61. The van der Waals surface area contributed by atoms with Gasteiger partial charge in [0, 0.05) is 18.1 Å². The second kappa shape index (κ2) is 11.7. The molecule has 0 saturated carbocycles. The van der Waals surface area contributed by atoms with Gasteiger partial charge in [0.25, 0.3) is 0 Å². The van der Waals surface area contributed by atoms with Gasteiger partial charge in [-0.2, -0.15) is 0 Å². The van der Waals surface area contributed by atoms with Crippen molar-refractivity contribution in [1.82, 2.24) is 0 Å². The third-order valence-corrected chi connectivity index (χ3v) is 2.09. The molecule has 0 aliphatic carbocycles. The molecule has 0 aliphatic heterocycles. The zero-order chi connectivity index (χ0) is 12.1. The molecule has 0 spiro atoms. The summed E-state index contributed by atoms with van der Waals surface area (Å²) in [5.74, 6) is -0.920. The maximum Gasteiger partial charge on any atom is 0.166 e. The molecule has 0 radical (unpaired) electrons. The number of carboxylic acids is 1. The van der Waals surface area contributed by atoms with Crippen LogP contribution in [0.5, 0.6) is 0 Å². The lowest BCUT2D eigenvalue weighted by molar-refractivity contribution is -0.378.